The monoisotopic (exact) mass is 311 g/mol. The molecular formula is C14H21N3O3S. The molecule has 21 heavy (non-hydrogen) atoms. The third kappa shape index (κ3) is 4.26. The Morgan fingerprint density at radius 3 is 2.57 bits per heavy atom. The predicted molar refractivity (Wildman–Crippen MR) is 81.2 cm³/mol. The highest BCUT2D eigenvalue weighted by molar-refractivity contribution is 7.89. The number of anilines is 1. The number of amides is 1. The van der Waals surface area contributed by atoms with Crippen LogP contribution in [0.1, 0.15) is 26.7 Å². The van der Waals surface area contributed by atoms with Crippen molar-refractivity contribution in [2.24, 2.45) is 11.7 Å². The molecule has 6 nitrogen and oxygen atoms in total. The molecule has 2 unspecified atom stereocenters. The van der Waals surface area contributed by atoms with Crippen LogP contribution >= 0.6 is 0 Å². The maximum Gasteiger partial charge on any atom is 0.240 e. The number of benzene rings is 1. The van der Waals surface area contributed by atoms with Gasteiger partial charge >= 0.3 is 0 Å². The van der Waals surface area contributed by atoms with Crippen molar-refractivity contribution in [3.05, 3.63) is 24.3 Å². The molecule has 0 saturated heterocycles. The van der Waals surface area contributed by atoms with E-state index >= 15 is 0 Å². The number of sulfonamides is 1. The molecule has 0 radical (unpaired) electrons. The van der Waals surface area contributed by atoms with Gasteiger partial charge in [-0.2, -0.15) is 0 Å². The first-order chi connectivity index (χ1) is 9.79. The van der Waals surface area contributed by atoms with Crippen molar-refractivity contribution in [2.75, 3.05) is 5.32 Å². The fourth-order valence-corrected chi connectivity index (χ4v) is 3.07. The molecule has 2 rings (SSSR count). The molecular weight excluding hydrogens is 290 g/mol. The van der Waals surface area contributed by atoms with E-state index in [1.165, 1.54) is 12.1 Å². The van der Waals surface area contributed by atoms with Gasteiger partial charge in [0.15, 0.2) is 0 Å². The smallest absolute Gasteiger partial charge is 0.240 e. The Balaban J connectivity index is 2.12. The van der Waals surface area contributed by atoms with Gasteiger partial charge in [0.2, 0.25) is 15.9 Å². The summed E-state index contributed by atoms with van der Waals surface area (Å²) >= 11 is 0. The van der Waals surface area contributed by atoms with Crippen LogP contribution in [0.4, 0.5) is 5.69 Å². The molecule has 0 bridgehead atoms. The third-order valence-electron chi connectivity index (χ3n) is 3.51. The maximum atomic E-state index is 12.1. The average molecular weight is 311 g/mol. The predicted octanol–water partition coefficient (Wildman–Crippen LogP) is 1.05. The van der Waals surface area contributed by atoms with Crippen molar-refractivity contribution < 1.29 is 13.2 Å². The summed E-state index contributed by atoms with van der Waals surface area (Å²) in [5.74, 6) is -0.579. The van der Waals surface area contributed by atoms with E-state index in [9.17, 15) is 13.2 Å². The largest absolute Gasteiger partial charge is 0.327 e. The van der Waals surface area contributed by atoms with Gasteiger partial charge in [0, 0.05) is 17.8 Å². The lowest BCUT2D eigenvalue weighted by Crippen LogP contribution is -2.34. The van der Waals surface area contributed by atoms with E-state index in [0.717, 1.165) is 12.8 Å². The standard InChI is InChI=1S/C14H21N3O3S/c1-9(10(2)15)14(18)16-12-4-3-5-13(8-12)21(19,20)17-11-6-7-11/h3-5,8-11,17H,6-7,15H2,1-2H3,(H,16,18). The van der Waals surface area contributed by atoms with Crippen LogP contribution in [0.3, 0.4) is 0 Å². The van der Waals surface area contributed by atoms with E-state index < -0.39 is 10.0 Å². The molecule has 1 aliphatic rings. The normalized spacial score (nSPS) is 18.0. The van der Waals surface area contributed by atoms with Gasteiger partial charge < -0.3 is 11.1 Å². The summed E-state index contributed by atoms with van der Waals surface area (Å²) in [5, 5.41) is 2.69. The summed E-state index contributed by atoms with van der Waals surface area (Å²) in [4.78, 5) is 12.1. The van der Waals surface area contributed by atoms with Crippen molar-refractivity contribution >= 4 is 21.6 Å². The minimum atomic E-state index is -3.52. The SMILES string of the molecule is CC(N)C(C)C(=O)Nc1cccc(S(=O)(=O)NC2CC2)c1. The molecule has 1 aromatic rings. The number of carbonyl (C=O) groups excluding carboxylic acids is 1. The first-order valence-corrected chi connectivity index (χ1v) is 8.47. The summed E-state index contributed by atoms with van der Waals surface area (Å²) in [5.41, 5.74) is 6.13. The fraction of sp³-hybridized carbons (Fsp3) is 0.500. The van der Waals surface area contributed by atoms with E-state index in [2.05, 4.69) is 10.0 Å². The zero-order chi connectivity index (χ0) is 15.6. The molecule has 4 N–H and O–H groups in total. The zero-order valence-electron chi connectivity index (χ0n) is 12.2. The Hall–Kier alpha value is -1.44. The van der Waals surface area contributed by atoms with Crippen LogP contribution < -0.4 is 15.8 Å². The summed E-state index contributed by atoms with van der Waals surface area (Å²) in [6.45, 7) is 3.49. The molecule has 1 saturated carbocycles. The lowest BCUT2D eigenvalue weighted by molar-refractivity contribution is -0.119. The number of hydrogen-bond acceptors (Lipinski definition) is 4. The third-order valence-corrected chi connectivity index (χ3v) is 5.03. The number of hydrogen-bond donors (Lipinski definition) is 3. The Morgan fingerprint density at radius 2 is 2.00 bits per heavy atom. The minimum Gasteiger partial charge on any atom is -0.327 e. The lowest BCUT2D eigenvalue weighted by Gasteiger charge is -2.15. The van der Waals surface area contributed by atoms with Gasteiger partial charge in [-0.15, -0.1) is 0 Å². The molecule has 0 spiro atoms. The van der Waals surface area contributed by atoms with Crippen LogP contribution in [-0.2, 0) is 14.8 Å². The average Bonchev–Trinajstić information content (AvgIpc) is 3.21. The second kappa shape index (κ2) is 6.13. The highest BCUT2D eigenvalue weighted by Gasteiger charge is 2.28. The molecule has 0 aromatic heterocycles. The van der Waals surface area contributed by atoms with Crippen molar-refractivity contribution in [1.29, 1.82) is 0 Å². The topological polar surface area (TPSA) is 101 Å². The van der Waals surface area contributed by atoms with Crippen molar-refractivity contribution in [3.63, 3.8) is 0 Å². The molecule has 1 fully saturated rings. The van der Waals surface area contributed by atoms with E-state index in [-0.39, 0.29) is 28.8 Å². The van der Waals surface area contributed by atoms with Crippen LogP contribution in [0.5, 0.6) is 0 Å². The van der Waals surface area contributed by atoms with Gasteiger partial charge in [0.25, 0.3) is 0 Å². The number of nitrogens with two attached hydrogens (primary N) is 1. The van der Waals surface area contributed by atoms with Crippen LogP contribution in [-0.4, -0.2) is 26.4 Å². The maximum absolute atomic E-state index is 12.1. The van der Waals surface area contributed by atoms with Crippen molar-refractivity contribution in [2.45, 2.75) is 43.7 Å². The van der Waals surface area contributed by atoms with E-state index in [1.54, 1.807) is 26.0 Å². The molecule has 2 atom stereocenters. The van der Waals surface area contributed by atoms with Gasteiger partial charge in [-0.25, -0.2) is 13.1 Å². The summed E-state index contributed by atoms with van der Waals surface area (Å²) < 4.78 is 26.8. The number of nitrogens with one attached hydrogen (secondary N) is 2. The Labute approximate surface area is 125 Å². The Kier molecular flexibility index (Phi) is 4.65. The van der Waals surface area contributed by atoms with Crippen molar-refractivity contribution in [1.82, 2.24) is 4.72 Å². The highest BCUT2D eigenvalue weighted by atomic mass is 32.2. The highest BCUT2D eigenvalue weighted by Crippen LogP contribution is 2.23. The first-order valence-electron chi connectivity index (χ1n) is 6.98. The second-order valence-corrected chi connectivity index (χ2v) is 7.27. The first kappa shape index (κ1) is 15.9. The fourth-order valence-electron chi connectivity index (χ4n) is 1.72. The lowest BCUT2D eigenvalue weighted by atomic mass is 10.0. The molecule has 116 valence electrons. The second-order valence-electron chi connectivity index (χ2n) is 5.56. The quantitative estimate of drug-likeness (QED) is 0.731. The van der Waals surface area contributed by atoms with Gasteiger partial charge in [-0.3, -0.25) is 4.79 Å². The molecule has 1 amide bonds. The summed E-state index contributed by atoms with van der Waals surface area (Å²) in [6.07, 6.45) is 1.75. The van der Waals surface area contributed by atoms with Crippen molar-refractivity contribution in [3.8, 4) is 0 Å². The molecule has 0 aliphatic heterocycles. The number of rotatable bonds is 6. The van der Waals surface area contributed by atoms with Crippen LogP contribution in [0, 0.1) is 5.92 Å². The molecule has 0 heterocycles. The number of carbonyl (C=O) groups is 1. The van der Waals surface area contributed by atoms with Gasteiger partial charge in [0.05, 0.1) is 10.8 Å². The molecule has 1 aliphatic carbocycles. The van der Waals surface area contributed by atoms with E-state index in [4.69, 9.17) is 5.73 Å². The van der Waals surface area contributed by atoms with Crippen LogP contribution in [0.25, 0.3) is 0 Å². The van der Waals surface area contributed by atoms with E-state index in [0.29, 0.717) is 5.69 Å². The zero-order valence-corrected chi connectivity index (χ0v) is 13.0. The van der Waals surface area contributed by atoms with Gasteiger partial charge in [-0.05, 0) is 38.0 Å². The van der Waals surface area contributed by atoms with E-state index in [1.807, 2.05) is 0 Å². The summed E-state index contributed by atoms with van der Waals surface area (Å²) in [7, 11) is -3.52. The molecule has 1 aromatic carbocycles. The molecule has 7 heteroatoms. The van der Waals surface area contributed by atoms with Gasteiger partial charge in [0.1, 0.15) is 0 Å². The minimum absolute atomic E-state index is 0.0476. The van der Waals surface area contributed by atoms with Gasteiger partial charge in [-0.1, -0.05) is 13.0 Å². The Morgan fingerprint density at radius 1 is 1.33 bits per heavy atom. The summed E-state index contributed by atoms with van der Waals surface area (Å²) in [6, 6.07) is 6.00. The van der Waals surface area contributed by atoms with Crippen LogP contribution in [0.2, 0.25) is 0 Å². The van der Waals surface area contributed by atoms with Crippen LogP contribution in [0.15, 0.2) is 29.2 Å². The Bertz CT molecular complexity index is 624.